The molecule has 0 aliphatic carbocycles. The fourth-order valence-electron chi connectivity index (χ4n) is 1.14. The second-order valence-electron chi connectivity index (χ2n) is 2.81. The monoisotopic (exact) mass is 260 g/mol. The Morgan fingerprint density at radius 2 is 2.50 bits per heavy atom. The van der Waals surface area contributed by atoms with E-state index in [1.807, 2.05) is 6.92 Å². The number of carbonyl (C=O) groups excluding carboxylic acids is 1. The first-order chi connectivity index (χ1) is 6.79. The summed E-state index contributed by atoms with van der Waals surface area (Å²) in [4.78, 5) is 13.5. The van der Waals surface area contributed by atoms with Crippen LogP contribution < -0.4 is 0 Å². The van der Waals surface area contributed by atoms with Gasteiger partial charge in [-0.15, -0.1) is 0 Å². The van der Waals surface area contributed by atoms with E-state index in [0.717, 1.165) is 18.3 Å². The van der Waals surface area contributed by atoms with Gasteiger partial charge in [0.05, 0.1) is 0 Å². The van der Waals surface area contributed by atoms with Crippen LogP contribution in [0.3, 0.4) is 0 Å². The van der Waals surface area contributed by atoms with Crippen molar-refractivity contribution >= 4 is 21.8 Å². The number of rotatable bonds is 5. The van der Waals surface area contributed by atoms with E-state index in [1.165, 1.54) is 6.26 Å². The number of alkyl halides is 1. The van der Waals surface area contributed by atoms with Crippen LogP contribution in [0.15, 0.2) is 16.9 Å². The van der Waals surface area contributed by atoms with Gasteiger partial charge in [0.15, 0.2) is 5.69 Å². The Balaban J connectivity index is 2.56. The molecule has 78 valence electrons. The largest absolute Gasteiger partial charge is 0.364 e. The van der Waals surface area contributed by atoms with E-state index in [1.54, 1.807) is 11.0 Å². The maximum absolute atomic E-state index is 11.7. The predicted molar refractivity (Wildman–Crippen MR) is 56.5 cm³/mol. The van der Waals surface area contributed by atoms with Crippen LogP contribution in [0.4, 0.5) is 0 Å². The van der Waals surface area contributed by atoms with Gasteiger partial charge in [0.25, 0.3) is 5.91 Å². The summed E-state index contributed by atoms with van der Waals surface area (Å²) in [6.07, 6.45) is 2.35. The van der Waals surface area contributed by atoms with E-state index >= 15 is 0 Å². The van der Waals surface area contributed by atoms with Crippen molar-refractivity contribution in [2.45, 2.75) is 13.3 Å². The fourth-order valence-corrected chi connectivity index (χ4v) is 1.39. The van der Waals surface area contributed by atoms with Crippen molar-refractivity contribution < 1.29 is 9.32 Å². The predicted octanol–water partition coefficient (Wildman–Crippen LogP) is 1.92. The normalized spacial score (nSPS) is 10.1. The third-order valence-electron chi connectivity index (χ3n) is 1.89. The molecule has 1 amide bonds. The van der Waals surface area contributed by atoms with Crippen LogP contribution in [0.1, 0.15) is 23.8 Å². The van der Waals surface area contributed by atoms with Gasteiger partial charge in [0, 0.05) is 24.5 Å². The molecule has 4 nitrogen and oxygen atoms in total. The Labute approximate surface area is 91.4 Å². The summed E-state index contributed by atoms with van der Waals surface area (Å²) in [6.45, 7) is 3.39. The lowest BCUT2D eigenvalue weighted by Crippen LogP contribution is -2.32. The van der Waals surface area contributed by atoms with Gasteiger partial charge < -0.3 is 9.42 Å². The molecule has 0 saturated carbocycles. The lowest BCUT2D eigenvalue weighted by molar-refractivity contribution is 0.0754. The summed E-state index contributed by atoms with van der Waals surface area (Å²) in [5.74, 6) is -0.0674. The molecule has 5 heteroatoms. The standard InChI is InChI=1S/C9H13BrN2O2/c1-2-12(6-3-5-10)9(13)8-4-7-14-11-8/h4,7H,2-3,5-6H2,1H3. The van der Waals surface area contributed by atoms with Crippen LogP contribution in [0.25, 0.3) is 0 Å². The average Bonchev–Trinajstić information content (AvgIpc) is 2.71. The van der Waals surface area contributed by atoms with Gasteiger partial charge >= 0.3 is 0 Å². The number of carbonyl (C=O) groups is 1. The quantitative estimate of drug-likeness (QED) is 0.761. The van der Waals surface area contributed by atoms with Crippen molar-refractivity contribution in [1.29, 1.82) is 0 Å². The van der Waals surface area contributed by atoms with Gasteiger partial charge in [-0.1, -0.05) is 21.1 Å². The molecule has 0 fully saturated rings. The van der Waals surface area contributed by atoms with Crippen LogP contribution in [-0.4, -0.2) is 34.4 Å². The van der Waals surface area contributed by atoms with Gasteiger partial charge in [-0.25, -0.2) is 0 Å². The molecule has 1 rings (SSSR count). The molecule has 0 atom stereocenters. The molecule has 0 spiro atoms. The summed E-state index contributed by atoms with van der Waals surface area (Å²) in [7, 11) is 0. The second kappa shape index (κ2) is 5.80. The van der Waals surface area contributed by atoms with Crippen molar-refractivity contribution in [2.24, 2.45) is 0 Å². The van der Waals surface area contributed by atoms with E-state index in [-0.39, 0.29) is 5.91 Å². The zero-order chi connectivity index (χ0) is 10.4. The number of hydrogen-bond acceptors (Lipinski definition) is 3. The van der Waals surface area contributed by atoms with E-state index < -0.39 is 0 Å². The lowest BCUT2D eigenvalue weighted by atomic mass is 10.3. The van der Waals surface area contributed by atoms with Gasteiger partial charge in [-0.05, 0) is 13.3 Å². The van der Waals surface area contributed by atoms with Gasteiger partial charge in [0.1, 0.15) is 6.26 Å². The van der Waals surface area contributed by atoms with E-state index in [4.69, 9.17) is 0 Å². The molecule has 0 saturated heterocycles. The molecular weight excluding hydrogens is 248 g/mol. The third kappa shape index (κ3) is 2.83. The molecule has 0 radical (unpaired) electrons. The Morgan fingerprint density at radius 1 is 1.71 bits per heavy atom. The third-order valence-corrected chi connectivity index (χ3v) is 2.45. The first-order valence-electron chi connectivity index (χ1n) is 4.55. The highest BCUT2D eigenvalue weighted by Gasteiger charge is 2.15. The highest BCUT2D eigenvalue weighted by atomic mass is 79.9. The summed E-state index contributed by atoms with van der Waals surface area (Å²) < 4.78 is 4.63. The van der Waals surface area contributed by atoms with E-state index in [2.05, 4.69) is 25.6 Å². The number of nitrogens with zero attached hydrogens (tertiary/aromatic N) is 2. The SMILES string of the molecule is CCN(CCCBr)C(=O)c1ccon1. The molecule has 0 bridgehead atoms. The molecule has 0 N–H and O–H groups in total. The van der Waals surface area contributed by atoms with Crippen LogP contribution in [0.5, 0.6) is 0 Å². The first kappa shape index (κ1) is 11.2. The van der Waals surface area contributed by atoms with Gasteiger partial charge in [0.2, 0.25) is 0 Å². The Kier molecular flexibility index (Phi) is 4.65. The summed E-state index contributed by atoms with van der Waals surface area (Å²) in [5.41, 5.74) is 0.376. The highest BCUT2D eigenvalue weighted by Crippen LogP contribution is 2.03. The van der Waals surface area contributed by atoms with Crippen LogP contribution in [0, 0.1) is 0 Å². The Hall–Kier alpha value is -0.840. The Morgan fingerprint density at radius 3 is 3.00 bits per heavy atom. The maximum Gasteiger partial charge on any atom is 0.276 e. The summed E-state index contributed by atoms with van der Waals surface area (Å²) >= 11 is 3.33. The number of aromatic nitrogens is 1. The highest BCUT2D eigenvalue weighted by molar-refractivity contribution is 9.09. The molecule has 1 heterocycles. The molecule has 0 aliphatic rings. The van der Waals surface area contributed by atoms with Crippen LogP contribution in [0.2, 0.25) is 0 Å². The topological polar surface area (TPSA) is 46.3 Å². The zero-order valence-corrected chi connectivity index (χ0v) is 9.66. The number of amides is 1. The minimum absolute atomic E-state index is 0.0674. The van der Waals surface area contributed by atoms with Crippen LogP contribution >= 0.6 is 15.9 Å². The smallest absolute Gasteiger partial charge is 0.276 e. The minimum Gasteiger partial charge on any atom is -0.364 e. The number of hydrogen-bond donors (Lipinski definition) is 0. The first-order valence-corrected chi connectivity index (χ1v) is 5.67. The second-order valence-corrected chi connectivity index (χ2v) is 3.61. The van der Waals surface area contributed by atoms with E-state index in [0.29, 0.717) is 12.2 Å². The maximum atomic E-state index is 11.7. The molecule has 14 heavy (non-hydrogen) atoms. The van der Waals surface area contributed by atoms with Crippen LogP contribution in [-0.2, 0) is 0 Å². The average molecular weight is 261 g/mol. The molecule has 1 aromatic rings. The molecule has 1 aromatic heterocycles. The minimum atomic E-state index is -0.0674. The zero-order valence-electron chi connectivity index (χ0n) is 8.07. The molecule has 0 aromatic carbocycles. The molecular formula is C9H13BrN2O2. The van der Waals surface area contributed by atoms with Crippen molar-refractivity contribution in [2.75, 3.05) is 18.4 Å². The Bertz CT molecular complexity index is 274. The molecule has 0 unspecified atom stereocenters. The van der Waals surface area contributed by atoms with Gasteiger partial charge in [-0.2, -0.15) is 0 Å². The van der Waals surface area contributed by atoms with E-state index in [9.17, 15) is 4.79 Å². The van der Waals surface area contributed by atoms with Crippen molar-refractivity contribution in [1.82, 2.24) is 10.1 Å². The molecule has 0 aliphatic heterocycles. The van der Waals surface area contributed by atoms with Crippen molar-refractivity contribution in [3.8, 4) is 0 Å². The number of halogens is 1. The van der Waals surface area contributed by atoms with Crippen molar-refractivity contribution in [3.63, 3.8) is 0 Å². The van der Waals surface area contributed by atoms with Gasteiger partial charge in [-0.3, -0.25) is 4.79 Å². The fraction of sp³-hybridized carbons (Fsp3) is 0.556. The summed E-state index contributed by atoms with van der Waals surface area (Å²) in [5, 5.41) is 4.51. The summed E-state index contributed by atoms with van der Waals surface area (Å²) in [6, 6.07) is 1.58. The lowest BCUT2D eigenvalue weighted by Gasteiger charge is -2.18. The van der Waals surface area contributed by atoms with Crippen molar-refractivity contribution in [3.05, 3.63) is 18.0 Å².